The average Bonchev–Trinajstić information content (AvgIpc) is 3.00. The first kappa shape index (κ1) is 14.4. The molecule has 2 saturated heterocycles. The summed E-state index contributed by atoms with van der Waals surface area (Å²) in [4.78, 5) is 17.4. The quantitative estimate of drug-likeness (QED) is 0.924. The molecule has 21 heavy (non-hydrogen) atoms. The number of amides is 1. The SMILES string of the molecule is CCCNc1ccccc1C(=O)N1CCN2CCCC2C1. The van der Waals surface area contributed by atoms with Crippen molar-refractivity contribution in [2.24, 2.45) is 0 Å². The van der Waals surface area contributed by atoms with E-state index in [1.807, 2.05) is 29.2 Å². The first-order valence-electron chi connectivity index (χ1n) is 8.16. The molecule has 1 aromatic carbocycles. The maximum absolute atomic E-state index is 12.8. The number of hydrogen-bond donors (Lipinski definition) is 1. The second-order valence-electron chi connectivity index (χ2n) is 6.06. The van der Waals surface area contributed by atoms with Crippen LogP contribution in [0.2, 0.25) is 0 Å². The number of fused-ring (bicyclic) bond motifs is 1. The average molecular weight is 287 g/mol. The van der Waals surface area contributed by atoms with Gasteiger partial charge in [0.25, 0.3) is 5.91 Å². The zero-order valence-electron chi connectivity index (χ0n) is 12.8. The molecule has 1 atom stereocenters. The van der Waals surface area contributed by atoms with E-state index in [0.717, 1.165) is 43.9 Å². The molecule has 2 aliphatic heterocycles. The third-order valence-corrected chi connectivity index (χ3v) is 4.60. The zero-order valence-corrected chi connectivity index (χ0v) is 12.8. The van der Waals surface area contributed by atoms with E-state index in [9.17, 15) is 4.79 Å². The summed E-state index contributed by atoms with van der Waals surface area (Å²) >= 11 is 0. The largest absolute Gasteiger partial charge is 0.384 e. The maximum atomic E-state index is 12.8. The summed E-state index contributed by atoms with van der Waals surface area (Å²) in [6.07, 6.45) is 3.57. The van der Waals surface area contributed by atoms with Gasteiger partial charge in [0.1, 0.15) is 0 Å². The molecular weight excluding hydrogens is 262 g/mol. The minimum Gasteiger partial charge on any atom is -0.384 e. The van der Waals surface area contributed by atoms with Crippen molar-refractivity contribution in [3.8, 4) is 0 Å². The van der Waals surface area contributed by atoms with Gasteiger partial charge in [-0.05, 0) is 37.9 Å². The van der Waals surface area contributed by atoms with Gasteiger partial charge in [-0.2, -0.15) is 0 Å². The summed E-state index contributed by atoms with van der Waals surface area (Å²) in [5.41, 5.74) is 1.79. The Bertz CT molecular complexity index is 503. The Labute approximate surface area is 127 Å². The Morgan fingerprint density at radius 2 is 2.14 bits per heavy atom. The summed E-state index contributed by atoms with van der Waals surface area (Å²) in [6, 6.07) is 8.48. The predicted octanol–water partition coefficient (Wildman–Crippen LogP) is 2.43. The van der Waals surface area contributed by atoms with Gasteiger partial charge in [-0.1, -0.05) is 19.1 Å². The lowest BCUT2D eigenvalue weighted by molar-refractivity contribution is 0.0572. The van der Waals surface area contributed by atoms with E-state index in [-0.39, 0.29) is 5.91 Å². The van der Waals surface area contributed by atoms with Crippen LogP contribution in [-0.2, 0) is 0 Å². The van der Waals surface area contributed by atoms with E-state index < -0.39 is 0 Å². The Kier molecular flexibility index (Phi) is 4.44. The fourth-order valence-electron chi connectivity index (χ4n) is 3.43. The Balaban J connectivity index is 1.72. The van der Waals surface area contributed by atoms with Crippen molar-refractivity contribution < 1.29 is 4.79 Å². The Morgan fingerprint density at radius 1 is 1.29 bits per heavy atom. The smallest absolute Gasteiger partial charge is 0.256 e. The summed E-state index contributed by atoms with van der Waals surface area (Å²) in [6.45, 7) is 7.03. The van der Waals surface area contributed by atoms with E-state index in [1.54, 1.807) is 0 Å². The molecule has 114 valence electrons. The maximum Gasteiger partial charge on any atom is 0.256 e. The highest BCUT2D eigenvalue weighted by Crippen LogP contribution is 2.24. The lowest BCUT2D eigenvalue weighted by atomic mass is 10.1. The second kappa shape index (κ2) is 6.48. The normalized spacial score (nSPS) is 22.1. The lowest BCUT2D eigenvalue weighted by Gasteiger charge is -2.37. The molecule has 3 rings (SSSR count). The monoisotopic (exact) mass is 287 g/mol. The highest BCUT2D eigenvalue weighted by Gasteiger charge is 2.33. The topological polar surface area (TPSA) is 35.6 Å². The number of carbonyl (C=O) groups excluding carboxylic acids is 1. The molecule has 4 heteroatoms. The number of nitrogens with zero attached hydrogens (tertiary/aromatic N) is 2. The molecule has 1 unspecified atom stereocenters. The molecule has 1 amide bonds. The minimum atomic E-state index is 0.181. The van der Waals surface area contributed by atoms with Gasteiger partial charge in [0.05, 0.1) is 5.56 Å². The summed E-state index contributed by atoms with van der Waals surface area (Å²) in [5.74, 6) is 0.181. The number of carbonyl (C=O) groups is 1. The van der Waals surface area contributed by atoms with Crippen molar-refractivity contribution in [3.63, 3.8) is 0 Å². The van der Waals surface area contributed by atoms with Crippen LogP contribution in [0.25, 0.3) is 0 Å². The number of para-hydroxylation sites is 1. The first-order valence-corrected chi connectivity index (χ1v) is 8.16. The van der Waals surface area contributed by atoms with Crippen molar-refractivity contribution in [2.45, 2.75) is 32.2 Å². The van der Waals surface area contributed by atoms with Crippen LogP contribution in [0.3, 0.4) is 0 Å². The molecule has 2 aliphatic rings. The highest BCUT2D eigenvalue weighted by atomic mass is 16.2. The van der Waals surface area contributed by atoms with Crippen LogP contribution in [0.15, 0.2) is 24.3 Å². The van der Waals surface area contributed by atoms with Gasteiger partial charge < -0.3 is 10.2 Å². The fraction of sp³-hybridized carbons (Fsp3) is 0.588. The Hall–Kier alpha value is -1.55. The summed E-state index contributed by atoms with van der Waals surface area (Å²) < 4.78 is 0. The van der Waals surface area contributed by atoms with E-state index in [0.29, 0.717) is 6.04 Å². The summed E-state index contributed by atoms with van der Waals surface area (Å²) in [7, 11) is 0. The van der Waals surface area contributed by atoms with Crippen LogP contribution in [0.4, 0.5) is 5.69 Å². The molecule has 4 nitrogen and oxygen atoms in total. The van der Waals surface area contributed by atoms with Crippen LogP contribution in [0.1, 0.15) is 36.5 Å². The molecule has 0 bridgehead atoms. The van der Waals surface area contributed by atoms with Crippen molar-refractivity contribution in [1.82, 2.24) is 9.80 Å². The van der Waals surface area contributed by atoms with Crippen LogP contribution in [-0.4, -0.2) is 54.5 Å². The van der Waals surface area contributed by atoms with Gasteiger partial charge in [-0.25, -0.2) is 0 Å². The van der Waals surface area contributed by atoms with Gasteiger partial charge in [0.15, 0.2) is 0 Å². The van der Waals surface area contributed by atoms with Crippen LogP contribution in [0, 0.1) is 0 Å². The van der Waals surface area contributed by atoms with E-state index in [4.69, 9.17) is 0 Å². The molecule has 0 aromatic heterocycles. The third kappa shape index (κ3) is 3.05. The van der Waals surface area contributed by atoms with Crippen molar-refractivity contribution in [1.29, 1.82) is 0 Å². The minimum absolute atomic E-state index is 0.181. The third-order valence-electron chi connectivity index (χ3n) is 4.60. The van der Waals surface area contributed by atoms with E-state index >= 15 is 0 Å². The van der Waals surface area contributed by atoms with E-state index in [1.165, 1.54) is 19.4 Å². The molecule has 0 spiro atoms. The molecule has 1 aromatic rings. The molecule has 1 N–H and O–H groups in total. The molecule has 0 saturated carbocycles. The molecule has 2 fully saturated rings. The van der Waals surface area contributed by atoms with Crippen LogP contribution in [0.5, 0.6) is 0 Å². The number of hydrogen-bond acceptors (Lipinski definition) is 3. The number of anilines is 1. The van der Waals surface area contributed by atoms with E-state index in [2.05, 4.69) is 17.1 Å². The molecular formula is C17H25N3O. The Morgan fingerprint density at radius 3 is 3.00 bits per heavy atom. The van der Waals surface area contributed by atoms with Gasteiger partial charge >= 0.3 is 0 Å². The standard InChI is InChI=1S/C17H25N3O/c1-2-9-18-16-8-4-3-7-15(16)17(21)20-12-11-19-10-5-6-14(19)13-20/h3-4,7-8,14,18H,2,5-6,9-13H2,1H3. The lowest BCUT2D eigenvalue weighted by Crippen LogP contribution is -2.52. The van der Waals surface area contributed by atoms with Crippen molar-refractivity contribution in [2.75, 3.05) is 38.0 Å². The number of piperazine rings is 1. The van der Waals surface area contributed by atoms with Gasteiger partial charge in [-0.3, -0.25) is 9.69 Å². The molecule has 0 radical (unpaired) electrons. The van der Waals surface area contributed by atoms with Gasteiger partial charge in [0.2, 0.25) is 0 Å². The highest BCUT2D eigenvalue weighted by molar-refractivity contribution is 5.99. The van der Waals surface area contributed by atoms with Crippen LogP contribution < -0.4 is 5.32 Å². The van der Waals surface area contributed by atoms with Gasteiger partial charge in [-0.15, -0.1) is 0 Å². The molecule has 2 heterocycles. The second-order valence-corrected chi connectivity index (χ2v) is 6.06. The predicted molar refractivity (Wildman–Crippen MR) is 85.7 cm³/mol. The number of nitrogens with one attached hydrogen (secondary N) is 1. The molecule has 0 aliphatic carbocycles. The number of benzene rings is 1. The zero-order chi connectivity index (χ0) is 14.7. The number of rotatable bonds is 4. The fourth-order valence-corrected chi connectivity index (χ4v) is 3.43. The van der Waals surface area contributed by atoms with Crippen molar-refractivity contribution >= 4 is 11.6 Å². The van der Waals surface area contributed by atoms with Crippen molar-refractivity contribution in [3.05, 3.63) is 29.8 Å². The summed E-state index contributed by atoms with van der Waals surface area (Å²) in [5, 5.41) is 3.37. The van der Waals surface area contributed by atoms with Crippen LogP contribution >= 0.6 is 0 Å². The van der Waals surface area contributed by atoms with Gasteiger partial charge in [0, 0.05) is 37.9 Å². The first-order chi connectivity index (χ1) is 10.3.